The van der Waals surface area contributed by atoms with E-state index in [1.165, 1.54) is 32.1 Å². The molecule has 0 aliphatic heterocycles. The molecule has 1 aliphatic carbocycles. The second kappa shape index (κ2) is 7.63. The highest BCUT2D eigenvalue weighted by molar-refractivity contribution is 6.34. The van der Waals surface area contributed by atoms with Crippen LogP contribution < -0.4 is 5.32 Å². The third-order valence-corrected chi connectivity index (χ3v) is 4.98. The Balaban J connectivity index is 2.29. The summed E-state index contributed by atoms with van der Waals surface area (Å²) in [6.07, 6.45) is 8.20. The Morgan fingerprint density at radius 3 is 2.70 bits per heavy atom. The minimum atomic E-state index is 0.245. The Hall–Kier alpha value is -0.310. The molecule has 0 radical (unpaired) electrons. The quantitative estimate of drug-likeness (QED) is 0.802. The predicted molar refractivity (Wildman–Crippen MR) is 86.4 cm³/mol. The minimum absolute atomic E-state index is 0.245. The van der Waals surface area contributed by atoms with Gasteiger partial charge >= 0.3 is 0 Å². The van der Waals surface area contributed by atoms with Crippen molar-refractivity contribution in [2.24, 2.45) is 11.8 Å². The Bertz CT molecular complexity index is 436. The molecule has 3 atom stereocenters. The molecule has 1 aromatic rings. The lowest BCUT2D eigenvalue weighted by Crippen LogP contribution is -2.35. The molecule has 1 heterocycles. The van der Waals surface area contributed by atoms with Crippen LogP contribution in [0.2, 0.25) is 10.0 Å². The van der Waals surface area contributed by atoms with Gasteiger partial charge in [-0.2, -0.15) is 0 Å². The third kappa shape index (κ3) is 3.66. The lowest BCUT2D eigenvalue weighted by atomic mass is 9.73. The molecule has 0 saturated heterocycles. The zero-order chi connectivity index (χ0) is 14.5. The Morgan fingerprint density at radius 1 is 1.30 bits per heavy atom. The first kappa shape index (κ1) is 16.1. The number of pyridine rings is 1. The molecule has 0 aromatic carbocycles. The summed E-state index contributed by atoms with van der Waals surface area (Å²) in [5.74, 6) is 1.39. The summed E-state index contributed by atoms with van der Waals surface area (Å²) in [4.78, 5) is 4.51. The monoisotopic (exact) mass is 314 g/mol. The summed E-state index contributed by atoms with van der Waals surface area (Å²) in [6, 6.07) is 2.05. The van der Waals surface area contributed by atoms with E-state index < -0.39 is 0 Å². The van der Waals surface area contributed by atoms with Crippen molar-refractivity contribution in [3.8, 4) is 0 Å². The van der Waals surface area contributed by atoms with Crippen LogP contribution in [-0.4, -0.2) is 11.5 Å². The third-order valence-electron chi connectivity index (χ3n) is 4.48. The normalized spacial score (nSPS) is 24.6. The van der Waals surface area contributed by atoms with Crippen molar-refractivity contribution in [3.63, 3.8) is 0 Å². The molecule has 2 rings (SSSR count). The number of nitrogens with one attached hydrogen (secondary N) is 1. The molecule has 4 heteroatoms. The molecule has 1 N–H and O–H groups in total. The highest BCUT2D eigenvalue weighted by atomic mass is 35.5. The summed E-state index contributed by atoms with van der Waals surface area (Å²) >= 11 is 12.4. The van der Waals surface area contributed by atoms with Gasteiger partial charge in [-0.3, -0.25) is 4.98 Å². The predicted octanol–water partition coefficient (Wildman–Crippen LogP) is 5.26. The van der Waals surface area contributed by atoms with Crippen LogP contribution in [0.3, 0.4) is 0 Å². The van der Waals surface area contributed by atoms with Gasteiger partial charge in [-0.15, -0.1) is 0 Å². The molecule has 0 amide bonds. The van der Waals surface area contributed by atoms with E-state index >= 15 is 0 Å². The van der Waals surface area contributed by atoms with Crippen molar-refractivity contribution >= 4 is 23.2 Å². The van der Waals surface area contributed by atoms with E-state index in [2.05, 4.69) is 24.1 Å². The Morgan fingerprint density at radius 2 is 2.05 bits per heavy atom. The summed E-state index contributed by atoms with van der Waals surface area (Å²) in [7, 11) is 0. The summed E-state index contributed by atoms with van der Waals surface area (Å²) in [5.41, 5.74) is 0.961. The number of nitrogens with zero attached hydrogens (tertiary/aromatic N) is 1. The van der Waals surface area contributed by atoms with Crippen LogP contribution in [-0.2, 0) is 0 Å². The van der Waals surface area contributed by atoms with Gasteiger partial charge in [0, 0.05) is 6.20 Å². The average Bonchev–Trinajstić information content (AvgIpc) is 2.45. The summed E-state index contributed by atoms with van der Waals surface area (Å²) in [5, 5.41) is 4.89. The van der Waals surface area contributed by atoms with Crippen LogP contribution in [0.15, 0.2) is 12.3 Å². The van der Waals surface area contributed by atoms with Gasteiger partial charge in [0.15, 0.2) is 0 Å². The molecule has 0 spiro atoms. The van der Waals surface area contributed by atoms with Gasteiger partial charge in [-0.25, -0.2) is 0 Å². The first-order valence-electron chi connectivity index (χ1n) is 7.71. The molecule has 0 bridgehead atoms. The number of rotatable bonds is 5. The fourth-order valence-electron chi connectivity index (χ4n) is 3.51. The van der Waals surface area contributed by atoms with Crippen LogP contribution in [0.4, 0.5) is 0 Å². The number of hydrogen-bond acceptors (Lipinski definition) is 2. The highest BCUT2D eigenvalue weighted by Gasteiger charge is 2.33. The van der Waals surface area contributed by atoms with Crippen molar-refractivity contribution in [2.45, 2.75) is 52.0 Å². The van der Waals surface area contributed by atoms with E-state index in [9.17, 15) is 0 Å². The molecule has 112 valence electrons. The zero-order valence-electron chi connectivity index (χ0n) is 12.3. The maximum atomic E-state index is 6.38. The molecule has 1 aromatic heterocycles. The molecule has 20 heavy (non-hydrogen) atoms. The second-order valence-corrected chi connectivity index (χ2v) is 6.52. The Kier molecular flexibility index (Phi) is 6.13. The average molecular weight is 315 g/mol. The molecule has 1 saturated carbocycles. The van der Waals surface area contributed by atoms with Crippen LogP contribution in [0.1, 0.15) is 57.7 Å². The van der Waals surface area contributed by atoms with Crippen LogP contribution in [0.25, 0.3) is 0 Å². The van der Waals surface area contributed by atoms with Crippen LogP contribution in [0, 0.1) is 11.8 Å². The van der Waals surface area contributed by atoms with Crippen molar-refractivity contribution in [2.75, 3.05) is 6.54 Å². The van der Waals surface area contributed by atoms with E-state index in [1.54, 1.807) is 12.3 Å². The number of halogens is 2. The van der Waals surface area contributed by atoms with E-state index in [0.717, 1.165) is 18.2 Å². The van der Waals surface area contributed by atoms with E-state index in [0.29, 0.717) is 16.0 Å². The van der Waals surface area contributed by atoms with Gasteiger partial charge in [-0.1, -0.05) is 62.7 Å². The van der Waals surface area contributed by atoms with Crippen LogP contribution >= 0.6 is 23.2 Å². The standard InChI is InChI=1S/C16H24Cl2N2/c1-3-11-7-5-6-8-13(11)15(19-4-2)16-14(18)9-12(17)10-20-16/h9-11,13,15,19H,3-8H2,1-2H3. The maximum absolute atomic E-state index is 6.38. The smallest absolute Gasteiger partial charge is 0.0763 e. The van der Waals surface area contributed by atoms with Gasteiger partial charge in [-0.05, 0) is 30.9 Å². The summed E-state index contributed by atoms with van der Waals surface area (Å²) in [6.45, 7) is 5.36. The first-order chi connectivity index (χ1) is 9.67. The first-order valence-corrected chi connectivity index (χ1v) is 8.47. The molecule has 2 nitrogen and oxygen atoms in total. The molecule has 3 unspecified atom stereocenters. The SMILES string of the molecule is CCNC(c1ncc(Cl)cc1Cl)C1CCCCC1CC. The maximum Gasteiger partial charge on any atom is 0.0763 e. The van der Waals surface area contributed by atoms with E-state index in [4.69, 9.17) is 23.2 Å². The Labute approximate surface area is 132 Å². The molecular formula is C16H24Cl2N2. The van der Waals surface area contributed by atoms with Crippen molar-refractivity contribution < 1.29 is 0 Å². The van der Waals surface area contributed by atoms with E-state index in [-0.39, 0.29) is 6.04 Å². The van der Waals surface area contributed by atoms with Gasteiger partial charge < -0.3 is 5.32 Å². The lowest BCUT2D eigenvalue weighted by Gasteiger charge is -2.37. The van der Waals surface area contributed by atoms with Gasteiger partial charge in [0.05, 0.1) is 21.8 Å². The molecular weight excluding hydrogens is 291 g/mol. The van der Waals surface area contributed by atoms with Gasteiger partial charge in [0.25, 0.3) is 0 Å². The lowest BCUT2D eigenvalue weighted by molar-refractivity contribution is 0.174. The van der Waals surface area contributed by atoms with Gasteiger partial charge in [0.1, 0.15) is 0 Å². The molecule has 1 fully saturated rings. The fraction of sp³-hybridized carbons (Fsp3) is 0.688. The van der Waals surface area contributed by atoms with E-state index in [1.807, 2.05) is 0 Å². The highest BCUT2D eigenvalue weighted by Crippen LogP contribution is 2.41. The number of aromatic nitrogens is 1. The fourth-order valence-corrected chi connectivity index (χ4v) is 4.00. The largest absolute Gasteiger partial charge is 0.309 e. The second-order valence-electron chi connectivity index (χ2n) is 5.67. The van der Waals surface area contributed by atoms with Crippen molar-refractivity contribution in [1.29, 1.82) is 0 Å². The van der Waals surface area contributed by atoms with Crippen LogP contribution in [0.5, 0.6) is 0 Å². The number of hydrogen-bond donors (Lipinski definition) is 1. The summed E-state index contributed by atoms with van der Waals surface area (Å²) < 4.78 is 0. The minimum Gasteiger partial charge on any atom is -0.309 e. The van der Waals surface area contributed by atoms with Crippen molar-refractivity contribution in [1.82, 2.24) is 10.3 Å². The topological polar surface area (TPSA) is 24.9 Å². The van der Waals surface area contributed by atoms with Gasteiger partial charge in [0.2, 0.25) is 0 Å². The zero-order valence-corrected chi connectivity index (χ0v) is 13.8. The molecule has 1 aliphatic rings. The van der Waals surface area contributed by atoms with Crippen molar-refractivity contribution in [3.05, 3.63) is 28.0 Å².